The molecule has 9 nitrogen and oxygen atoms in total. The Morgan fingerprint density at radius 3 is 1.95 bits per heavy atom. The third-order valence-electron chi connectivity index (χ3n) is 6.69. The molecule has 1 aliphatic rings. The fourth-order valence-electron chi connectivity index (χ4n) is 4.91. The number of hydrogen-bond acceptors (Lipinski definition) is 9. The first kappa shape index (κ1) is 29.6. The van der Waals surface area contributed by atoms with Crippen molar-refractivity contribution in [2.75, 3.05) is 10.6 Å². The number of alkyl halides is 3. The van der Waals surface area contributed by atoms with Crippen LogP contribution in [0.1, 0.15) is 64.2 Å². The van der Waals surface area contributed by atoms with Gasteiger partial charge in [0.05, 0.1) is 12.8 Å². The summed E-state index contributed by atoms with van der Waals surface area (Å²) in [5.74, 6) is -0.655. The van der Waals surface area contributed by atoms with Crippen LogP contribution in [0.15, 0.2) is 48.5 Å². The van der Waals surface area contributed by atoms with E-state index < -0.39 is 12.3 Å². The van der Waals surface area contributed by atoms with E-state index in [2.05, 4.69) is 35.8 Å². The van der Waals surface area contributed by atoms with E-state index in [0.29, 0.717) is 15.8 Å². The normalized spacial score (nSPS) is 17.0. The van der Waals surface area contributed by atoms with Crippen LogP contribution in [-0.4, -0.2) is 38.6 Å². The van der Waals surface area contributed by atoms with E-state index in [1.165, 1.54) is 40.9 Å². The molecule has 2 aromatic carbocycles. The molecule has 2 amide bonds. The summed E-state index contributed by atoms with van der Waals surface area (Å²) < 4.78 is 41.4. The number of rotatable bonds is 9. The van der Waals surface area contributed by atoms with E-state index in [1.807, 2.05) is 31.2 Å². The molecule has 0 aliphatic heterocycles. The maximum absolute atomic E-state index is 12.5. The predicted octanol–water partition coefficient (Wildman–Crippen LogP) is 6.40. The standard InChI is InChI=1S/C28H27F3N6O3S2/c1-16-5-2-6-17(11-16)13-22(38)32-26-36-34-24(41-26)19-8-4-9-20(15-19)25-35-37-27(42-25)33-23(39)14-18-7-3-10-21(12-18)40-28(29,30)31/h2-3,5-7,10-12,19-20H,4,8-9,13-15H2,1H3,(H,32,36,38)(H,33,37,39)/t19-,20-/m0/s1. The molecule has 42 heavy (non-hydrogen) atoms. The highest BCUT2D eigenvalue weighted by atomic mass is 32.1. The van der Waals surface area contributed by atoms with Crippen LogP contribution in [-0.2, 0) is 22.4 Å². The van der Waals surface area contributed by atoms with Crippen molar-refractivity contribution in [1.29, 1.82) is 0 Å². The van der Waals surface area contributed by atoms with Gasteiger partial charge in [-0.15, -0.1) is 33.6 Å². The van der Waals surface area contributed by atoms with Crippen LogP contribution < -0.4 is 15.4 Å². The molecule has 2 aromatic heterocycles. The third kappa shape index (κ3) is 8.32. The Bertz CT molecular complexity index is 1560. The van der Waals surface area contributed by atoms with Crippen LogP contribution in [0, 0.1) is 6.92 Å². The highest BCUT2D eigenvalue weighted by molar-refractivity contribution is 7.15. The molecule has 1 aliphatic carbocycles. The predicted molar refractivity (Wildman–Crippen MR) is 153 cm³/mol. The molecule has 0 saturated heterocycles. The number of ether oxygens (including phenoxy) is 1. The van der Waals surface area contributed by atoms with E-state index in [4.69, 9.17) is 0 Å². The molecule has 220 valence electrons. The number of aryl methyl sites for hydroxylation is 1. The number of nitrogens with zero attached hydrogens (tertiary/aromatic N) is 4. The van der Waals surface area contributed by atoms with Gasteiger partial charge in [0, 0.05) is 11.8 Å². The zero-order valence-corrected chi connectivity index (χ0v) is 24.1. The Morgan fingerprint density at radius 2 is 1.40 bits per heavy atom. The van der Waals surface area contributed by atoms with Crippen molar-refractivity contribution in [3.63, 3.8) is 0 Å². The van der Waals surface area contributed by atoms with Crippen molar-refractivity contribution >= 4 is 44.8 Å². The summed E-state index contributed by atoms with van der Waals surface area (Å²) in [5, 5.41) is 24.9. The lowest BCUT2D eigenvalue weighted by Crippen LogP contribution is -2.17. The summed E-state index contributed by atoms with van der Waals surface area (Å²) >= 11 is 2.67. The van der Waals surface area contributed by atoms with Gasteiger partial charge in [-0.1, -0.05) is 71.1 Å². The molecule has 4 aromatic rings. The number of benzene rings is 2. The second-order valence-corrected chi connectivity index (χ2v) is 12.1. The maximum atomic E-state index is 12.5. The van der Waals surface area contributed by atoms with E-state index in [1.54, 1.807) is 6.07 Å². The number of aromatic nitrogens is 4. The number of hydrogen-bond donors (Lipinski definition) is 2. The Hall–Kier alpha value is -3.91. The van der Waals surface area contributed by atoms with Gasteiger partial charge in [-0.25, -0.2) is 0 Å². The van der Waals surface area contributed by atoms with Gasteiger partial charge < -0.3 is 15.4 Å². The van der Waals surface area contributed by atoms with Gasteiger partial charge in [0.2, 0.25) is 22.1 Å². The van der Waals surface area contributed by atoms with Crippen molar-refractivity contribution < 1.29 is 27.5 Å². The molecule has 2 N–H and O–H groups in total. The Kier molecular flexibility index (Phi) is 9.12. The van der Waals surface area contributed by atoms with Gasteiger partial charge in [-0.05, 0) is 49.4 Å². The maximum Gasteiger partial charge on any atom is 0.573 e. The number of nitrogens with one attached hydrogen (secondary N) is 2. The highest BCUT2D eigenvalue weighted by Gasteiger charge is 2.31. The third-order valence-corrected chi connectivity index (χ3v) is 8.69. The zero-order chi connectivity index (χ0) is 29.7. The zero-order valence-electron chi connectivity index (χ0n) is 22.5. The number of carbonyl (C=O) groups excluding carboxylic acids is 2. The average molecular weight is 617 g/mol. The molecule has 14 heteroatoms. The van der Waals surface area contributed by atoms with Crippen molar-refractivity contribution in [2.45, 2.75) is 63.6 Å². The smallest absolute Gasteiger partial charge is 0.406 e. The minimum absolute atomic E-state index is 0.131. The fourth-order valence-corrected chi connectivity index (χ4v) is 6.72. The first-order valence-electron chi connectivity index (χ1n) is 13.3. The monoisotopic (exact) mass is 616 g/mol. The van der Waals surface area contributed by atoms with Crippen LogP contribution in [0.2, 0.25) is 0 Å². The molecule has 5 rings (SSSR count). The van der Waals surface area contributed by atoms with Crippen LogP contribution in [0.5, 0.6) is 5.75 Å². The topological polar surface area (TPSA) is 119 Å². The van der Waals surface area contributed by atoms with E-state index in [-0.39, 0.29) is 36.3 Å². The lowest BCUT2D eigenvalue weighted by atomic mass is 9.82. The molecule has 2 heterocycles. The quantitative estimate of drug-likeness (QED) is 0.223. The molecule has 0 radical (unpaired) electrons. The van der Waals surface area contributed by atoms with Gasteiger partial charge in [0.1, 0.15) is 15.8 Å². The second-order valence-electron chi connectivity index (χ2n) is 10.1. The number of carbonyl (C=O) groups is 2. The van der Waals surface area contributed by atoms with E-state index in [0.717, 1.165) is 46.8 Å². The minimum Gasteiger partial charge on any atom is -0.406 e. The van der Waals surface area contributed by atoms with Gasteiger partial charge in [0.25, 0.3) is 0 Å². The lowest BCUT2D eigenvalue weighted by molar-refractivity contribution is -0.274. The Morgan fingerprint density at radius 1 is 0.857 bits per heavy atom. The van der Waals surface area contributed by atoms with Crippen molar-refractivity contribution in [3.05, 3.63) is 75.2 Å². The van der Waals surface area contributed by atoms with Gasteiger partial charge >= 0.3 is 6.36 Å². The largest absolute Gasteiger partial charge is 0.573 e. The summed E-state index contributed by atoms with van der Waals surface area (Å²) in [7, 11) is 0. The average Bonchev–Trinajstić information content (AvgIpc) is 3.58. The van der Waals surface area contributed by atoms with Crippen molar-refractivity contribution in [1.82, 2.24) is 20.4 Å². The molecule has 0 bridgehead atoms. The van der Waals surface area contributed by atoms with E-state index in [9.17, 15) is 22.8 Å². The van der Waals surface area contributed by atoms with Crippen LogP contribution in [0.25, 0.3) is 0 Å². The van der Waals surface area contributed by atoms with Crippen LogP contribution >= 0.6 is 22.7 Å². The van der Waals surface area contributed by atoms with Gasteiger partial charge in [-0.2, -0.15) is 0 Å². The molecule has 1 saturated carbocycles. The molecule has 2 atom stereocenters. The number of halogens is 3. The van der Waals surface area contributed by atoms with E-state index >= 15 is 0 Å². The first-order chi connectivity index (χ1) is 20.1. The molecule has 1 fully saturated rings. The second kappa shape index (κ2) is 12.9. The SMILES string of the molecule is Cc1cccc(CC(=O)Nc2nnc([C@H]3CCC[C@H](c4nnc(NC(=O)Cc5cccc(OC(F)(F)F)c5)s4)C3)s2)c1. The van der Waals surface area contributed by atoms with Gasteiger partial charge in [-0.3, -0.25) is 9.59 Å². The van der Waals surface area contributed by atoms with Gasteiger partial charge in [0.15, 0.2) is 0 Å². The Labute approximate surface area is 247 Å². The molecule has 0 unspecified atom stereocenters. The lowest BCUT2D eigenvalue weighted by Gasteiger charge is -2.25. The number of amides is 2. The summed E-state index contributed by atoms with van der Waals surface area (Å²) in [6, 6.07) is 13.1. The molecule has 0 spiro atoms. The minimum atomic E-state index is -4.81. The summed E-state index contributed by atoms with van der Waals surface area (Å²) in [4.78, 5) is 25.0. The first-order valence-corrected chi connectivity index (χ1v) is 14.9. The number of anilines is 2. The van der Waals surface area contributed by atoms with Crippen LogP contribution in [0.3, 0.4) is 0 Å². The van der Waals surface area contributed by atoms with Crippen molar-refractivity contribution in [3.8, 4) is 5.75 Å². The Balaban J connectivity index is 1.14. The summed E-state index contributed by atoms with van der Waals surface area (Å²) in [6.07, 6.45) is -1.07. The molecular weight excluding hydrogens is 589 g/mol. The summed E-state index contributed by atoms with van der Waals surface area (Å²) in [6.45, 7) is 1.98. The fraction of sp³-hybridized carbons (Fsp3) is 0.357. The van der Waals surface area contributed by atoms with Crippen molar-refractivity contribution in [2.24, 2.45) is 0 Å². The van der Waals surface area contributed by atoms with Crippen LogP contribution in [0.4, 0.5) is 23.4 Å². The molecular formula is C28H27F3N6O3S2. The highest BCUT2D eigenvalue weighted by Crippen LogP contribution is 2.43. The summed E-state index contributed by atoms with van der Waals surface area (Å²) in [5.41, 5.74) is 2.40.